The first-order valence-electron chi connectivity index (χ1n) is 12.1. The molecule has 0 aromatic heterocycles. The van der Waals surface area contributed by atoms with Gasteiger partial charge in [0.2, 0.25) is 11.8 Å². The highest BCUT2D eigenvalue weighted by atomic mass is 35.5. The summed E-state index contributed by atoms with van der Waals surface area (Å²) < 4.78 is 5.74. The fourth-order valence-corrected chi connectivity index (χ4v) is 4.46. The van der Waals surface area contributed by atoms with Crippen LogP contribution >= 0.6 is 11.6 Å². The van der Waals surface area contributed by atoms with Gasteiger partial charge in [0.05, 0.1) is 6.61 Å². The van der Waals surface area contributed by atoms with Gasteiger partial charge in [-0.1, -0.05) is 68.1 Å². The number of nitrogens with zero attached hydrogens (tertiary/aromatic N) is 1. The van der Waals surface area contributed by atoms with Crippen molar-refractivity contribution in [2.45, 2.75) is 76.9 Å². The van der Waals surface area contributed by atoms with Gasteiger partial charge in [-0.05, 0) is 55.5 Å². The Labute approximate surface area is 202 Å². The van der Waals surface area contributed by atoms with Gasteiger partial charge in [0.15, 0.2) is 0 Å². The van der Waals surface area contributed by atoms with Crippen LogP contribution in [0, 0.1) is 0 Å². The van der Waals surface area contributed by atoms with Crippen LogP contribution < -0.4 is 10.1 Å². The zero-order valence-corrected chi connectivity index (χ0v) is 20.2. The third-order valence-electron chi connectivity index (χ3n) is 6.15. The lowest BCUT2D eigenvalue weighted by Gasteiger charge is -2.33. The second kappa shape index (κ2) is 13.2. The Bertz CT molecular complexity index is 867. The van der Waals surface area contributed by atoms with Crippen molar-refractivity contribution in [1.29, 1.82) is 0 Å². The minimum Gasteiger partial charge on any atom is -0.494 e. The second-order valence-electron chi connectivity index (χ2n) is 8.68. The molecule has 0 bridgehead atoms. The average molecular weight is 471 g/mol. The second-order valence-corrected chi connectivity index (χ2v) is 9.12. The fraction of sp³-hybridized carbons (Fsp3) is 0.481. The van der Waals surface area contributed by atoms with Crippen LogP contribution in [-0.4, -0.2) is 35.4 Å². The van der Waals surface area contributed by atoms with Crippen LogP contribution in [0.15, 0.2) is 54.6 Å². The van der Waals surface area contributed by atoms with Gasteiger partial charge in [0, 0.05) is 24.0 Å². The number of nitrogens with one attached hydrogen (secondary N) is 1. The van der Waals surface area contributed by atoms with E-state index in [-0.39, 0.29) is 17.9 Å². The minimum atomic E-state index is -0.475. The third-order valence-corrected chi connectivity index (χ3v) is 6.40. The molecule has 1 N–H and O–H groups in total. The highest BCUT2D eigenvalue weighted by Gasteiger charge is 2.30. The van der Waals surface area contributed by atoms with E-state index in [4.69, 9.17) is 16.3 Å². The molecule has 0 aliphatic heterocycles. The maximum atomic E-state index is 13.3. The molecule has 0 saturated heterocycles. The largest absolute Gasteiger partial charge is 0.494 e. The van der Waals surface area contributed by atoms with Crippen LogP contribution in [0.4, 0.5) is 0 Å². The molecule has 2 aromatic carbocycles. The lowest BCUT2D eigenvalue weighted by Crippen LogP contribution is -2.51. The van der Waals surface area contributed by atoms with E-state index in [2.05, 4.69) is 5.32 Å². The van der Waals surface area contributed by atoms with E-state index in [1.807, 2.05) is 49.4 Å². The number of carbonyl (C=O) groups excluding carboxylic acids is 2. The molecule has 5 nitrogen and oxygen atoms in total. The van der Waals surface area contributed by atoms with Crippen molar-refractivity contribution in [3.63, 3.8) is 0 Å². The molecule has 1 atom stereocenters. The smallest absolute Gasteiger partial charge is 0.243 e. The van der Waals surface area contributed by atoms with E-state index >= 15 is 0 Å². The monoisotopic (exact) mass is 470 g/mol. The first kappa shape index (κ1) is 25.1. The maximum absolute atomic E-state index is 13.3. The van der Waals surface area contributed by atoms with Crippen LogP contribution in [0.3, 0.4) is 0 Å². The third kappa shape index (κ3) is 8.08. The molecule has 1 saturated carbocycles. The van der Waals surface area contributed by atoms with E-state index in [1.165, 1.54) is 6.42 Å². The molecule has 1 aliphatic rings. The molecule has 1 aliphatic carbocycles. The van der Waals surface area contributed by atoms with Crippen molar-refractivity contribution in [3.8, 4) is 5.75 Å². The number of hydrogen-bond acceptors (Lipinski definition) is 3. The number of ether oxygens (including phenoxy) is 1. The molecule has 0 unspecified atom stereocenters. The summed E-state index contributed by atoms with van der Waals surface area (Å²) in [6.45, 7) is 2.83. The molecule has 3 rings (SSSR count). The molecule has 2 aromatic rings. The van der Waals surface area contributed by atoms with E-state index in [9.17, 15) is 9.59 Å². The van der Waals surface area contributed by atoms with E-state index in [0.29, 0.717) is 37.4 Å². The Morgan fingerprint density at radius 2 is 1.76 bits per heavy atom. The van der Waals surface area contributed by atoms with Gasteiger partial charge >= 0.3 is 0 Å². The molecule has 0 heterocycles. The predicted octanol–water partition coefficient (Wildman–Crippen LogP) is 5.76. The number of rotatable bonds is 11. The zero-order chi connectivity index (χ0) is 23.5. The van der Waals surface area contributed by atoms with Crippen molar-refractivity contribution < 1.29 is 14.3 Å². The average Bonchev–Trinajstić information content (AvgIpc) is 2.84. The summed E-state index contributed by atoms with van der Waals surface area (Å²) >= 11 is 5.91. The number of hydrogen-bond donors (Lipinski definition) is 1. The van der Waals surface area contributed by atoms with Crippen molar-refractivity contribution in [3.05, 3.63) is 65.2 Å². The Morgan fingerprint density at radius 1 is 1.06 bits per heavy atom. The molecule has 2 amide bonds. The Balaban J connectivity index is 1.61. The van der Waals surface area contributed by atoms with Crippen molar-refractivity contribution in [2.75, 3.05) is 6.61 Å². The highest BCUT2D eigenvalue weighted by Crippen LogP contribution is 2.20. The minimum absolute atomic E-state index is 0.0239. The van der Waals surface area contributed by atoms with Crippen molar-refractivity contribution in [2.24, 2.45) is 0 Å². The van der Waals surface area contributed by atoms with E-state index in [1.54, 1.807) is 17.0 Å². The van der Waals surface area contributed by atoms with Crippen LogP contribution in [0.25, 0.3) is 0 Å². The normalized spacial score (nSPS) is 15.0. The summed E-state index contributed by atoms with van der Waals surface area (Å²) in [5, 5.41) is 3.87. The summed E-state index contributed by atoms with van der Waals surface area (Å²) in [7, 11) is 0. The van der Waals surface area contributed by atoms with Gasteiger partial charge in [-0.15, -0.1) is 0 Å². The summed E-state index contributed by atoms with van der Waals surface area (Å²) in [4.78, 5) is 28.2. The highest BCUT2D eigenvalue weighted by molar-refractivity contribution is 6.30. The molecular weight excluding hydrogens is 436 g/mol. The standard InChI is InChI=1S/C27H35ClN2O3/c1-2-25(27(32)29-23-12-7-4-8-13-23)30(20-21-10-5-3-6-11-21)26(31)14-9-19-33-24-17-15-22(28)16-18-24/h3,5-6,10-11,15-18,23,25H,2,4,7-9,12-14,19-20H2,1H3,(H,29,32)/t25-/m0/s1. The molecular formula is C27H35ClN2O3. The molecule has 6 heteroatoms. The summed E-state index contributed by atoms with van der Waals surface area (Å²) in [5.41, 5.74) is 1.02. The molecule has 0 radical (unpaired) electrons. The lowest BCUT2D eigenvalue weighted by molar-refractivity contribution is -0.142. The summed E-state index contributed by atoms with van der Waals surface area (Å²) in [6.07, 6.45) is 7.08. The SMILES string of the molecule is CC[C@@H](C(=O)NC1CCCCC1)N(Cc1ccccc1)C(=O)CCCOc1ccc(Cl)cc1. The maximum Gasteiger partial charge on any atom is 0.243 e. The van der Waals surface area contributed by atoms with Gasteiger partial charge in [-0.25, -0.2) is 0 Å². The molecule has 0 spiro atoms. The van der Waals surface area contributed by atoms with Gasteiger partial charge in [0.25, 0.3) is 0 Å². The summed E-state index contributed by atoms with van der Waals surface area (Å²) in [5.74, 6) is 0.668. The summed E-state index contributed by atoms with van der Waals surface area (Å²) in [6, 6.07) is 16.8. The van der Waals surface area contributed by atoms with Crippen LogP contribution in [-0.2, 0) is 16.1 Å². The molecule has 33 heavy (non-hydrogen) atoms. The lowest BCUT2D eigenvalue weighted by atomic mass is 9.95. The van der Waals surface area contributed by atoms with Gasteiger partial charge in [-0.3, -0.25) is 9.59 Å². The Morgan fingerprint density at radius 3 is 2.42 bits per heavy atom. The molecule has 178 valence electrons. The fourth-order valence-electron chi connectivity index (χ4n) is 4.33. The number of benzene rings is 2. The Kier molecular flexibility index (Phi) is 10.1. The van der Waals surface area contributed by atoms with Crippen molar-refractivity contribution >= 4 is 23.4 Å². The van der Waals surface area contributed by atoms with Gasteiger partial charge in [-0.2, -0.15) is 0 Å². The number of halogens is 1. The van der Waals surface area contributed by atoms with Gasteiger partial charge in [0.1, 0.15) is 11.8 Å². The number of carbonyl (C=O) groups is 2. The van der Waals surface area contributed by atoms with Crippen LogP contribution in [0.2, 0.25) is 5.02 Å². The van der Waals surface area contributed by atoms with Crippen LogP contribution in [0.5, 0.6) is 5.75 Å². The van der Waals surface area contributed by atoms with Gasteiger partial charge < -0.3 is 15.0 Å². The van der Waals surface area contributed by atoms with E-state index in [0.717, 1.165) is 37.0 Å². The van der Waals surface area contributed by atoms with Crippen LogP contribution in [0.1, 0.15) is 63.9 Å². The predicted molar refractivity (Wildman–Crippen MR) is 132 cm³/mol. The zero-order valence-electron chi connectivity index (χ0n) is 19.5. The first-order valence-corrected chi connectivity index (χ1v) is 12.5. The first-order chi connectivity index (χ1) is 16.1. The topological polar surface area (TPSA) is 58.6 Å². The van der Waals surface area contributed by atoms with E-state index < -0.39 is 6.04 Å². The Hall–Kier alpha value is -2.53. The van der Waals surface area contributed by atoms with Crippen molar-refractivity contribution in [1.82, 2.24) is 10.2 Å². The quantitative estimate of drug-likeness (QED) is 0.425. The molecule has 1 fully saturated rings. The number of amides is 2.